The van der Waals surface area contributed by atoms with Crippen LogP contribution in [0, 0.1) is 0 Å². The van der Waals surface area contributed by atoms with Crippen LogP contribution in [-0.4, -0.2) is 49.8 Å². The lowest BCUT2D eigenvalue weighted by atomic mass is 10.3. The van der Waals surface area contributed by atoms with Gasteiger partial charge < -0.3 is 5.73 Å². The third-order valence-corrected chi connectivity index (χ3v) is 4.96. The molecular weight excluding hydrogens is 214 g/mol. The van der Waals surface area contributed by atoms with Crippen LogP contribution in [0.25, 0.3) is 0 Å². The van der Waals surface area contributed by atoms with Gasteiger partial charge in [-0.15, -0.1) is 0 Å². The molecule has 1 unspecified atom stereocenters. The maximum absolute atomic E-state index is 12.1. The van der Waals surface area contributed by atoms with E-state index in [4.69, 9.17) is 5.73 Å². The average Bonchev–Trinajstić information content (AvgIpc) is 2.61. The summed E-state index contributed by atoms with van der Waals surface area (Å²) in [6.07, 6.45) is 2.63. The van der Waals surface area contributed by atoms with Gasteiger partial charge in [0, 0.05) is 26.2 Å². The fourth-order valence-electron chi connectivity index (χ4n) is 1.86. The summed E-state index contributed by atoms with van der Waals surface area (Å²) >= 11 is 0. The Hall–Kier alpha value is -0.170. The Bertz CT molecular complexity index is 292. The molecule has 0 aromatic carbocycles. The predicted molar refractivity (Wildman–Crippen MR) is 60.6 cm³/mol. The standard InChI is InChI=1S/C9H21N3O2S/c1-9-5-3-8-12(9)15(13,14)11(2)7-4-6-10/h9H,3-8,10H2,1-2H3. The van der Waals surface area contributed by atoms with Gasteiger partial charge in [0.2, 0.25) is 0 Å². The van der Waals surface area contributed by atoms with Crippen LogP contribution in [0.5, 0.6) is 0 Å². The molecule has 0 amide bonds. The zero-order chi connectivity index (χ0) is 11.5. The Morgan fingerprint density at radius 1 is 1.53 bits per heavy atom. The summed E-state index contributed by atoms with van der Waals surface area (Å²) in [5.74, 6) is 0. The lowest BCUT2D eigenvalue weighted by molar-refractivity contribution is 0.354. The Morgan fingerprint density at radius 3 is 2.67 bits per heavy atom. The topological polar surface area (TPSA) is 66.6 Å². The smallest absolute Gasteiger partial charge is 0.281 e. The second kappa shape index (κ2) is 5.25. The normalized spacial score (nSPS) is 23.9. The summed E-state index contributed by atoms with van der Waals surface area (Å²) in [5, 5.41) is 0. The Kier molecular flexibility index (Phi) is 4.51. The molecule has 1 aliphatic heterocycles. The van der Waals surface area contributed by atoms with Crippen molar-refractivity contribution >= 4 is 10.2 Å². The molecule has 15 heavy (non-hydrogen) atoms. The molecule has 5 nitrogen and oxygen atoms in total. The van der Waals surface area contributed by atoms with Gasteiger partial charge in [0.1, 0.15) is 0 Å². The Labute approximate surface area is 92.4 Å². The maximum Gasteiger partial charge on any atom is 0.281 e. The highest BCUT2D eigenvalue weighted by atomic mass is 32.2. The molecule has 90 valence electrons. The molecule has 0 radical (unpaired) electrons. The van der Waals surface area contributed by atoms with Gasteiger partial charge in [0.15, 0.2) is 0 Å². The van der Waals surface area contributed by atoms with Crippen LogP contribution in [0.2, 0.25) is 0 Å². The molecule has 2 N–H and O–H groups in total. The monoisotopic (exact) mass is 235 g/mol. The average molecular weight is 235 g/mol. The molecule has 0 spiro atoms. The fraction of sp³-hybridized carbons (Fsp3) is 1.00. The van der Waals surface area contributed by atoms with Crippen LogP contribution in [0.4, 0.5) is 0 Å². The van der Waals surface area contributed by atoms with Gasteiger partial charge in [-0.3, -0.25) is 0 Å². The van der Waals surface area contributed by atoms with Crippen LogP contribution in [0.1, 0.15) is 26.2 Å². The second-order valence-corrected chi connectivity index (χ2v) is 6.06. The van der Waals surface area contributed by atoms with Gasteiger partial charge in [-0.1, -0.05) is 0 Å². The largest absolute Gasteiger partial charge is 0.330 e. The van der Waals surface area contributed by atoms with Crippen molar-refractivity contribution in [1.82, 2.24) is 8.61 Å². The molecule has 6 heteroatoms. The fourth-order valence-corrected chi connectivity index (χ4v) is 3.50. The van der Waals surface area contributed by atoms with E-state index in [-0.39, 0.29) is 6.04 Å². The van der Waals surface area contributed by atoms with Crippen LogP contribution < -0.4 is 5.73 Å². The maximum atomic E-state index is 12.1. The number of hydrogen-bond donors (Lipinski definition) is 1. The van der Waals surface area contributed by atoms with E-state index in [2.05, 4.69) is 0 Å². The minimum Gasteiger partial charge on any atom is -0.330 e. The highest BCUT2D eigenvalue weighted by Gasteiger charge is 2.33. The minimum absolute atomic E-state index is 0.135. The summed E-state index contributed by atoms with van der Waals surface area (Å²) < 4.78 is 27.1. The van der Waals surface area contributed by atoms with Crippen LogP contribution >= 0.6 is 0 Å². The molecule has 0 aromatic rings. The van der Waals surface area contributed by atoms with E-state index < -0.39 is 10.2 Å². The highest BCUT2D eigenvalue weighted by Crippen LogP contribution is 2.21. The van der Waals surface area contributed by atoms with Crippen molar-refractivity contribution in [1.29, 1.82) is 0 Å². The second-order valence-electron chi connectivity index (χ2n) is 4.07. The minimum atomic E-state index is -3.25. The van der Waals surface area contributed by atoms with Gasteiger partial charge in [0.25, 0.3) is 10.2 Å². The molecule has 1 saturated heterocycles. The predicted octanol–water partition coefficient (Wildman–Crippen LogP) is -0.00390. The van der Waals surface area contributed by atoms with E-state index in [1.165, 1.54) is 4.31 Å². The first-order chi connectivity index (χ1) is 7.00. The third kappa shape index (κ3) is 2.90. The Morgan fingerprint density at radius 2 is 2.20 bits per heavy atom. The number of nitrogens with zero attached hydrogens (tertiary/aromatic N) is 2. The van der Waals surface area contributed by atoms with Crippen molar-refractivity contribution < 1.29 is 8.42 Å². The number of nitrogens with two attached hydrogens (primary N) is 1. The molecule has 1 aliphatic rings. The molecule has 1 rings (SSSR count). The van der Waals surface area contributed by atoms with Crippen molar-refractivity contribution in [3.05, 3.63) is 0 Å². The van der Waals surface area contributed by atoms with Gasteiger partial charge in [-0.2, -0.15) is 17.0 Å². The summed E-state index contributed by atoms with van der Waals surface area (Å²) in [6, 6.07) is 0.135. The summed E-state index contributed by atoms with van der Waals surface area (Å²) in [6.45, 7) is 3.63. The lowest BCUT2D eigenvalue weighted by Crippen LogP contribution is -2.44. The zero-order valence-corrected chi connectivity index (χ0v) is 10.3. The molecular formula is C9H21N3O2S. The first kappa shape index (κ1) is 12.9. The SMILES string of the molecule is CC1CCCN1S(=O)(=O)N(C)CCCN. The van der Waals surface area contributed by atoms with Gasteiger partial charge in [0.05, 0.1) is 0 Å². The van der Waals surface area contributed by atoms with Gasteiger partial charge >= 0.3 is 0 Å². The molecule has 1 heterocycles. The summed E-state index contributed by atoms with van der Waals surface area (Å²) in [5.41, 5.74) is 5.37. The van der Waals surface area contributed by atoms with Crippen molar-refractivity contribution in [2.24, 2.45) is 5.73 Å². The molecule has 0 aromatic heterocycles. The van der Waals surface area contributed by atoms with Crippen LogP contribution in [0.15, 0.2) is 0 Å². The molecule has 0 aliphatic carbocycles. The van der Waals surface area contributed by atoms with E-state index in [0.29, 0.717) is 26.1 Å². The van der Waals surface area contributed by atoms with Gasteiger partial charge in [-0.25, -0.2) is 0 Å². The molecule has 1 fully saturated rings. The quantitative estimate of drug-likeness (QED) is 0.729. The van der Waals surface area contributed by atoms with E-state index >= 15 is 0 Å². The van der Waals surface area contributed by atoms with Crippen LogP contribution in [-0.2, 0) is 10.2 Å². The van der Waals surface area contributed by atoms with Crippen LogP contribution in [0.3, 0.4) is 0 Å². The van der Waals surface area contributed by atoms with E-state index in [1.807, 2.05) is 6.92 Å². The van der Waals surface area contributed by atoms with E-state index in [9.17, 15) is 8.42 Å². The number of hydrogen-bond acceptors (Lipinski definition) is 3. The molecule has 1 atom stereocenters. The van der Waals surface area contributed by atoms with Gasteiger partial charge in [-0.05, 0) is 32.7 Å². The van der Waals surface area contributed by atoms with E-state index in [1.54, 1.807) is 11.4 Å². The first-order valence-corrected chi connectivity index (χ1v) is 6.83. The summed E-state index contributed by atoms with van der Waals surface area (Å²) in [7, 11) is -1.63. The zero-order valence-electron chi connectivity index (χ0n) is 9.52. The molecule has 0 bridgehead atoms. The van der Waals surface area contributed by atoms with E-state index in [0.717, 1.165) is 12.8 Å². The van der Waals surface area contributed by atoms with Crippen molar-refractivity contribution in [3.8, 4) is 0 Å². The number of rotatable bonds is 5. The molecule has 0 saturated carbocycles. The van der Waals surface area contributed by atoms with Crippen molar-refractivity contribution in [2.75, 3.05) is 26.7 Å². The third-order valence-electron chi connectivity index (χ3n) is 2.86. The van der Waals surface area contributed by atoms with Crippen molar-refractivity contribution in [2.45, 2.75) is 32.2 Å². The Balaban J connectivity index is 2.64. The highest BCUT2D eigenvalue weighted by molar-refractivity contribution is 7.86. The van der Waals surface area contributed by atoms with Crippen molar-refractivity contribution in [3.63, 3.8) is 0 Å². The summed E-state index contributed by atoms with van der Waals surface area (Å²) in [4.78, 5) is 0. The first-order valence-electron chi connectivity index (χ1n) is 5.43. The lowest BCUT2D eigenvalue weighted by Gasteiger charge is -2.26.